The number of Topliss-reactive ketones (excluding diaryl/α,β-unsaturated/α-hetero) is 1. The van der Waals surface area contributed by atoms with Gasteiger partial charge in [-0.1, -0.05) is 20.8 Å². The molecular formula is C18H34O6. The van der Waals surface area contributed by atoms with Gasteiger partial charge < -0.3 is 18.9 Å². The van der Waals surface area contributed by atoms with E-state index in [0.29, 0.717) is 12.8 Å². The van der Waals surface area contributed by atoms with Crippen LogP contribution in [0.25, 0.3) is 0 Å². The Morgan fingerprint density at radius 3 is 1.67 bits per heavy atom. The highest BCUT2D eigenvalue weighted by atomic mass is 16.7. The van der Waals surface area contributed by atoms with Gasteiger partial charge in [0.1, 0.15) is 6.61 Å². The van der Waals surface area contributed by atoms with Crippen LogP contribution < -0.4 is 0 Å². The molecule has 0 aliphatic carbocycles. The zero-order valence-corrected chi connectivity index (χ0v) is 16.2. The van der Waals surface area contributed by atoms with Crippen molar-refractivity contribution < 1.29 is 28.5 Å². The van der Waals surface area contributed by atoms with Gasteiger partial charge in [0.05, 0.1) is 24.9 Å². The first-order valence-corrected chi connectivity index (χ1v) is 8.94. The van der Waals surface area contributed by atoms with E-state index in [1.165, 1.54) is 0 Å². The molecule has 6 nitrogen and oxygen atoms in total. The maximum absolute atomic E-state index is 12.8. The molecule has 0 aromatic heterocycles. The first-order chi connectivity index (χ1) is 11.3. The molecule has 0 spiro atoms. The van der Waals surface area contributed by atoms with Crippen LogP contribution in [0.5, 0.6) is 0 Å². The molecule has 0 amide bonds. The largest absolute Gasteiger partial charge is 0.462 e. The fraction of sp³-hybridized carbons (Fsp3) is 0.889. The molecule has 0 aromatic carbocycles. The van der Waals surface area contributed by atoms with Gasteiger partial charge in [-0.15, -0.1) is 0 Å². The first kappa shape index (κ1) is 23.0. The maximum atomic E-state index is 12.8. The predicted octanol–water partition coefficient (Wildman–Crippen LogP) is 3.26. The third-order valence-corrected chi connectivity index (χ3v) is 3.87. The number of esters is 1. The second-order valence-corrected chi connectivity index (χ2v) is 5.96. The molecule has 0 bridgehead atoms. The van der Waals surface area contributed by atoms with E-state index in [0.717, 1.165) is 6.42 Å². The highest BCUT2D eigenvalue weighted by molar-refractivity contribution is 6.06. The standard InChI is InChI=1S/C18H34O6/c1-8-13(5)22-12-16(19)18(17(20)21-11-4,23-14(6)9-2)24-15(7)10-3/h13-15H,8-12H2,1-7H3. The van der Waals surface area contributed by atoms with Gasteiger partial charge in [-0.3, -0.25) is 4.79 Å². The van der Waals surface area contributed by atoms with Crippen molar-refractivity contribution in [1.29, 1.82) is 0 Å². The lowest BCUT2D eigenvalue weighted by molar-refractivity contribution is -0.264. The number of rotatable bonds is 13. The SMILES string of the molecule is CCOC(=O)C(OC(C)CC)(OC(C)CC)C(=O)COC(C)CC. The number of carbonyl (C=O) groups excluding carboxylic acids is 2. The fourth-order valence-electron chi connectivity index (χ4n) is 1.76. The molecule has 0 N–H and O–H groups in total. The molecule has 0 rings (SSSR count). The van der Waals surface area contributed by atoms with Crippen molar-refractivity contribution in [2.75, 3.05) is 13.2 Å². The number of hydrogen-bond donors (Lipinski definition) is 0. The minimum Gasteiger partial charge on any atom is -0.462 e. The summed E-state index contributed by atoms with van der Waals surface area (Å²) >= 11 is 0. The van der Waals surface area contributed by atoms with Crippen LogP contribution in [0.1, 0.15) is 67.7 Å². The van der Waals surface area contributed by atoms with Crippen LogP contribution in [0.3, 0.4) is 0 Å². The minimum absolute atomic E-state index is 0.0963. The monoisotopic (exact) mass is 346 g/mol. The summed E-state index contributed by atoms with van der Waals surface area (Å²) in [4.78, 5) is 25.4. The molecule has 0 fully saturated rings. The summed E-state index contributed by atoms with van der Waals surface area (Å²) in [6, 6.07) is 0. The summed E-state index contributed by atoms with van der Waals surface area (Å²) in [5.74, 6) is -3.46. The average Bonchev–Trinajstić information content (AvgIpc) is 2.58. The van der Waals surface area contributed by atoms with Crippen LogP contribution in [-0.4, -0.2) is 49.1 Å². The zero-order valence-electron chi connectivity index (χ0n) is 16.2. The van der Waals surface area contributed by atoms with Crippen molar-refractivity contribution >= 4 is 11.8 Å². The van der Waals surface area contributed by atoms with Gasteiger partial charge in [0.15, 0.2) is 0 Å². The van der Waals surface area contributed by atoms with Crippen molar-refractivity contribution in [3.8, 4) is 0 Å². The van der Waals surface area contributed by atoms with Gasteiger partial charge in [0, 0.05) is 0 Å². The van der Waals surface area contributed by atoms with Gasteiger partial charge in [-0.25, -0.2) is 4.79 Å². The quantitative estimate of drug-likeness (QED) is 0.290. The summed E-state index contributed by atoms with van der Waals surface area (Å²) in [5, 5.41) is 0. The van der Waals surface area contributed by atoms with Crippen molar-refractivity contribution in [2.24, 2.45) is 0 Å². The molecular weight excluding hydrogens is 312 g/mol. The van der Waals surface area contributed by atoms with Gasteiger partial charge in [0.25, 0.3) is 0 Å². The molecule has 0 heterocycles. The normalized spacial score (nSPS) is 17.6. The van der Waals surface area contributed by atoms with Gasteiger partial charge >= 0.3 is 11.8 Å². The zero-order chi connectivity index (χ0) is 18.8. The summed E-state index contributed by atoms with van der Waals surface area (Å²) < 4.78 is 22.1. The Morgan fingerprint density at radius 1 is 0.833 bits per heavy atom. The number of hydrogen-bond acceptors (Lipinski definition) is 6. The average molecular weight is 346 g/mol. The van der Waals surface area contributed by atoms with Crippen LogP contribution in [0, 0.1) is 0 Å². The molecule has 0 radical (unpaired) electrons. The Morgan fingerprint density at radius 2 is 1.29 bits per heavy atom. The van der Waals surface area contributed by atoms with E-state index in [1.54, 1.807) is 20.8 Å². The van der Waals surface area contributed by atoms with Gasteiger partial charge in [-0.05, 0) is 47.0 Å². The Bertz CT molecular complexity index is 370. The lowest BCUT2D eigenvalue weighted by Crippen LogP contribution is -2.56. The summed E-state index contributed by atoms with van der Waals surface area (Å²) in [6.07, 6.45) is 1.24. The van der Waals surface area contributed by atoms with E-state index in [-0.39, 0.29) is 31.5 Å². The lowest BCUT2D eigenvalue weighted by atomic mass is 10.1. The number of carbonyl (C=O) groups is 2. The molecule has 0 saturated heterocycles. The molecule has 24 heavy (non-hydrogen) atoms. The topological polar surface area (TPSA) is 71.1 Å². The summed E-state index contributed by atoms with van der Waals surface area (Å²) in [5.41, 5.74) is 0. The smallest absolute Gasteiger partial charge is 0.375 e. The summed E-state index contributed by atoms with van der Waals surface area (Å²) in [6.45, 7) is 12.8. The van der Waals surface area contributed by atoms with E-state index in [1.807, 2.05) is 27.7 Å². The maximum Gasteiger partial charge on any atom is 0.375 e. The second-order valence-electron chi connectivity index (χ2n) is 5.96. The first-order valence-electron chi connectivity index (χ1n) is 8.94. The Kier molecular flexibility index (Phi) is 11.1. The predicted molar refractivity (Wildman–Crippen MR) is 91.8 cm³/mol. The third-order valence-electron chi connectivity index (χ3n) is 3.87. The van der Waals surface area contributed by atoms with Crippen molar-refractivity contribution in [1.82, 2.24) is 0 Å². The molecule has 6 heteroatoms. The van der Waals surface area contributed by atoms with E-state index < -0.39 is 17.5 Å². The van der Waals surface area contributed by atoms with Crippen molar-refractivity contribution in [3.05, 3.63) is 0 Å². The van der Waals surface area contributed by atoms with Crippen molar-refractivity contribution in [2.45, 2.75) is 91.8 Å². The Balaban J connectivity index is 5.58. The van der Waals surface area contributed by atoms with E-state index in [9.17, 15) is 9.59 Å². The molecule has 3 atom stereocenters. The molecule has 3 unspecified atom stereocenters. The van der Waals surface area contributed by atoms with Crippen molar-refractivity contribution in [3.63, 3.8) is 0 Å². The van der Waals surface area contributed by atoms with Crippen LogP contribution in [0.2, 0.25) is 0 Å². The summed E-state index contributed by atoms with van der Waals surface area (Å²) in [7, 11) is 0. The van der Waals surface area contributed by atoms with Crippen LogP contribution in [0.15, 0.2) is 0 Å². The fourth-order valence-corrected chi connectivity index (χ4v) is 1.76. The molecule has 0 saturated carbocycles. The minimum atomic E-state index is -2.08. The van der Waals surface area contributed by atoms with E-state index >= 15 is 0 Å². The van der Waals surface area contributed by atoms with Crippen LogP contribution in [0.4, 0.5) is 0 Å². The molecule has 0 aliphatic rings. The number of ketones is 1. The van der Waals surface area contributed by atoms with Gasteiger partial charge in [-0.2, -0.15) is 0 Å². The van der Waals surface area contributed by atoms with Crippen LogP contribution >= 0.6 is 0 Å². The number of ether oxygens (including phenoxy) is 4. The van der Waals surface area contributed by atoms with Crippen LogP contribution in [-0.2, 0) is 28.5 Å². The van der Waals surface area contributed by atoms with Gasteiger partial charge in [0.2, 0.25) is 5.78 Å². The molecule has 0 aromatic rings. The highest BCUT2D eigenvalue weighted by Gasteiger charge is 2.52. The second kappa shape index (κ2) is 11.6. The lowest BCUT2D eigenvalue weighted by Gasteiger charge is -2.34. The molecule has 0 aliphatic heterocycles. The van der Waals surface area contributed by atoms with E-state index in [2.05, 4.69) is 0 Å². The third kappa shape index (κ3) is 6.87. The van der Waals surface area contributed by atoms with E-state index in [4.69, 9.17) is 18.9 Å². The Hall–Kier alpha value is -0.980. The molecule has 142 valence electrons. The highest BCUT2D eigenvalue weighted by Crippen LogP contribution is 2.24. The Labute approximate surface area is 146 Å².